The van der Waals surface area contributed by atoms with Crippen molar-refractivity contribution in [2.24, 2.45) is 5.18 Å². The maximum Gasteiger partial charge on any atom is 0.222 e. The van der Waals surface area contributed by atoms with Crippen molar-refractivity contribution in [3.05, 3.63) is 17.4 Å². The molecule has 4 N–H and O–H groups in total. The lowest BCUT2D eigenvalue weighted by Crippen LogP contribution is -2.44. The zero-order valence-corrected chi connectivity index (χ0v) is 12.2. The van der Waals surface area contributed by atoms with Gasteiger partial charge in [-0.1, -0.05) is 17.0 Å². The maximum atomic E-state index is 12.5. The molecule has 0 bridgehead atoms. The van der Waals surface area contributed by atoms with Crippen LogP contribution < -0.4 is 5.73 Å². The predicted molar refractivity (Wildman–Crippen MR) is 79.0 cm³/mol. The molecule has 0 radical (unpaired) electrons. The van der Waals surface area contributed by atoms with E-state index in [0.29, 0.717) is 5.52 Å². The van der Waals surface area contributed by atoms with Crippen LogP contribution in [-0.4, -0.2) is 60.8 Å². The van der Waals surface area contributed by atoms with E-state index in [2.05, 4.69) is 32.0 Å². The fraction of sp³-hybridized carbons (Fsp3) is 0.462. The van der Waals surface area contributed by atoms with Crippen molar-refractivity contribution in [3.8, 4) is 11.8 Å². The summed E-state index contributed by atoms with van der Waals surface area (Å²) in [6, 6.07) is -1.43. The average Bonchev–Trinajstić information content (AvgIpc) is 3.10. The Hall–Kier alpha value is -2.68. The SMILES string of the molecule is Nc1ncc2ncn([C@@H]3O[C@H](CO)C(N=O)[C@]3(O)C#CCF)c2n1. The third-order valence-corrected chi connectivity index (χ3v) is 3.72. The van der Waals surface area contributed by atoms with Crippen LogP contribution in [0.4, 0.5) is 10.3 Å². The number of hydrogen-bond donors (Lipinski definition) is 3. The van der Waals surface area contributed by atoms with Gasteiger partial charge in [0.25, 0.3) is 0 Å². The first-order chi connectivity index (χ1) is 11.5. The molecule has 4 atom stereocenters. The number of anilines is 1. The molecule has 0 aromatic carbocycles. The zero-order chi connectivity index (χ0) is 17.3. The summed E-state index contributed by atoms with van der Waals surface area (Å²) in [5.74, 6) is 4.30. The Morgan fingerprint density at radius 3 is 3.00 bits per heavy atom. The van der Waals surface area contributed by atoms with E-state index in [9.17, 15) is 19.5 Å². The molecule has 0 amide bonds. The van der Waals surface area contributed by atoms with E-state index in [1.165, 1.54) is 17.1 Å². The second kappa shape index (κ2) is 6.08. The number of fused-ring (bicyclic) bond motifs is 1. The Kier molecular flexibility index (Phi) is 4.10. The highest BCUT2D eigenvalue weighted by molar-refractivity contribution is 5.70. The standard InChI is InChI=1S/C13H13FN6O4/c14-3-1-2-13(22)9(19-23)8(5-21)24-11(13)20-6-17-7-4-16-12(15)18-10(7)20/h4,6,8-9,11,21-22H,3,5H2,(H2,15,16,18)/t8-,9?,11-,13-/m1/s1. The van der Waals surface area contributed by atoms with Gasteiger partial charge in [0.1, 0.15) is 18.3 Å². The highest BCUT2D eigenvalue weighted by atomic mass is 19.1. The highest BCUT2D eigenvalue weighted by Crippen LogP contribution is 2.41. The third-order valence-electron chi connectivity index (χ3n) is 3.72. The summed E-state index contributed by atoms with van der Waals surface area (Å²) >= 11 is 0. The van der Waals surface area contributed by atoms with Crippen LogP contribution in [-0.2, 0) is 4.74 Å². The maximum absolute atomic E-state index is 12.5. The van der Waals surface area contributed by atoms with Crippen molar-refractivity contribution in [3.63, 3.8) is 0 Å². The van der Waals surface area contributed by atoms with Crippen molar-refractivity contribution in [1.29, 1.82) is 0 Å². The van der Waals surface area contributed by atoms with Gasteiger partial charge in [-0.15, -0.1) is 0 Å². The second-order valence-electron chi connectivity index (χ2n) is 5.11. The Morgan fingerprint density at radius 2 is 2.33 bits per heavy atom. The quantitative estimate of drug-likeness (QED) is 0.484. The van der Waals surface area contributed by atoms with Crippen molar-refractivity contribution in [1.82, 2.24) is 19.5 Å². The van der Waals surface area contributed by atoms with Crippen LogP contribution in [0.15, 0.2) is 17.7 Å². The van der Waals surface area contributed by atoms with Gasteiger partial charge in [-0.05, 0) is 0 Å². The fourth-order valence-corrected chi connectivity index (χ4v) is 2.66. The van der Waals surface area contributed by atoms with Crippen molar-refractivity contribution in [2.75, 3.05) is 19.0 Å². The fourth-order valence-electron chi connectivity index (χ4n) is 2.66. The van der Waals surface area contributed by atoms with Gasteiger partial charge < -0.3 is 20.7 Å². The van der Waals surface area contributed by atoms with Gasteiger partial charge in [-0.3, -0.25) is 4.57 Å². The molecule has 0 spiro atoms. The lowest BCUT2D eigenvalue weighted by Gasteiger charge is -2.25. The molecule has 3 heterocycles. The number of nitrogens with zero attached hydrogens (tertiary/aromatic N) is 5. The number of aliphatic hydroxyl groups is 2. The van der Waals surface area contributed by atoms with Crippen LogP contribution >= 0.6 is 0 Å². The zero-order valence-electron chi connectivity index (χ0n) is 12.2. The Labute approximate surface area is 134 Å². The third kappa shape index (κ3) is 2.37. The molecule has 2 aromatic rings. The first-order valence-electron chi connectivity index (χ1n) is 6.87. The molecule has 1 aliphatic heterocycles. The minimum atomic E-state index is -2.17. The first kappa shape index (κ1) is 16.2. The average molecular weight is 336 g/mol. The summed E-state index contributed by atoms with van der Waals surface area (Å²) in [7, 11) is 0. The molecule has 2 aromatic heterocycles. The van der Waals surface area contributed by atoms with Crippen molar-refractivity contribution >= 4 is 17.1 Å². The Balaban J connectivity index is 2.15. The number of imidazole rings is 1. The van der Waals surface area contributed by atoms with E-state index in [0.717, 1.165) is 0 Å². The van der Waals surface area contributed by atoms with Gasteiger partial charge in [0.15, 0.2) is 23.5 Å². The summed E-state index contributed by atoms with van der Waals surface area (Å²) in [4.78, 5) is 23.0. The van der Waals surface area contributed by atoms with E-state index in [1.807, 2.05) is 0 Å². The first-order valence-corrected chi connectivity index (χ1v) is 6.87. The summed E-state index contributed by atoms with van der Waals surface area (Å²) in [5.41, 5.74) is 3.96. The van der Waals surface area contributed by atoms with E-state index in [-0.39, 0.29) is 11.6 Å². The van der Waals surface area contributed by atoms with Gasteiger partial charge in [0, 0.05) is 0 Å². The Morgan fingerprint density at radius 1 is 1.54 bits per heavy atom. The molecule has 24 heavy (non-hydrogen) atoms. The number of rotatable bonds is 3. The van der Waals surface area contributed by atoms with Gasteiger partial charge >= 0.3 is 0 Å². The van der Waals surface area contributed by atoms with E-state index < -0.39 is 37.3 Å². The van der Waals surface area contributed by atoms with Gasteiger partial charge in [-0.2, -0.15) is 9.89 Å². The molecule has 0 saturated carbocycles. The molecule has 1 aliphatic rings. The summed E-state index contributed by atoms with van der Waals surface area (Å²) in [6.45, 7) is -1.62. The minimum absolute atomic E-state index is 0.0376. The van der Waals surface area contributed by atoms with E-state index in [1.54, 1.807) is 0 Å². The number of alkyl halides is 1. The number of ether oxygens (including phenoxy) is 1. The Bertz CT molecular complexity index is 833. The largest absolute Gasteiger partial charge is 0.394 e. The van der Waals surface area contributed by atoms with Crippen LogP contribution in [0.1, 0.15) is 6.23 Å². The number of aromatic nitrogens is 4. The number of halogens is 1. The lowest BCUT2D eigenvalue weighted by molar-refractivity contribution is -0.0700. The number of hydrogen-bond acceptors (Lipinski definition) is 9. The van der Waals surface area contributed by atoms with Crippen LogP contribution in [0.3, 0.4) is 0 Å². The predicted octanol–water partition coefficient (Wildman–Crippen LogP) is -0.863. The van der Waals surface area contributed by atoms with Gasteiger partial charge in [0.2, 0.25) is 5.95 Å². The topological polar surface area (TPSA) is 149 Å². The smallest absolute Gasteiger partial charge is 0.222 e. The molecular weight excluding hydrogens is 323 g/mol. The molecule has 1 fully saturated rings. The monoisotopic (exact) mass is 336 g/mol. The van der Waals surface area contributed by atoms with Crippen LogP contribution in [0, 0.1) is 16.7 Å². The lowest BCUT2D eigenvalue weighted by atomic mass is 9.92. The van der Waals surface area contributed by atoms with Gasteiger partial charge in [0.05, 0.1) is 19.1 Å². The summed E-state index contributed by atoms with van der Waals surface area (Å²) < 4.78 is 19.3. The molecule has 1 saturated heterocycles. The molecule has 10 nitrogen and oxygen atoms in total. The normalized spacial score (nSPS) is 29.4. The van der Waals surface area contributed by atoms with Crippen LogP contribution in [0.25, 0.3) is 11.2 Å². The number of nitrogen functional groups attached to an aromatic ring is 1. The van der Waals surface area contributed by atoms with Crippen molar-refractivity contribution < 1.29 is 19.3 Å². The minimum Gasteiger partial charge on any atom is -0.394 e. The van der Waals surface area contributed by atoms with Gasteiger partial charge in [-0.25, -0.2) is 14.4 Å². The molecule has 1 unspecified atom stereocenters. The molecule has 11 heteroatoms. The summed E-state index contributed by atoms with van der Waals surface area (Å²) in [6.07, 6.45) is 0.236. The van der Waals surface area contributed by atoms with Crippen LogP contribution in [0.5, 0.6) is 0 Å². The molecular formula is C13H13FN6O4. The van der Waals surface area contributed by atoms with E-state index in [4.69, 9.17) is 10.5 Å². The molecule has 126 valence electrons. The van der Waals surface area contributed by atoms with Crippen molar-refractivity contribution in [2.45, 2.75) is 24.0 Å². The second-order valence-corrected chi connectivity index (χ2v) is 5.11. The number of nitrogens with two attached hydrogens (primary N) is 1. The van der Waals surface area contributed by atoms with E-state index >= 15 is 0 Å². The summed E-state index contributed by atoms with van der Waals surface area (Å²) in [5, 5.41) is 23.0. The highest BCUT2D eigenvalue weighted by Gasteiger charge is 2.57. The molecule has 0 aliphatic carbocycles. The van der Waals surface area contributed by atoms with Crippen LogP contribution in [0.2, 0.25) is 0 Å². The number of nitroso groups, excluding NO2 is 1. The molecule has 3 rings (SSSR count). The number of aliphatic hydroxyl groups excluding tert-OH is 1.